The van der Waals surface area contributed by atoms with Crippen molar-refractivity contribution in [3.05, 3.63) is 11.4 Å². The van der Waals surface area contributed by atoms with Gasteiger partial charge in [0.1, 0.15) is 47.2 Å². The minimum absolute atomic E-state index is 0.0949. The highest BCUT2D eigenvalue weighted by Crippen LogP contribution is 2.37. The zero-order valence-corrected chi connectivity index (χ0v) is 13.4. The number of ether oxygens (including phenoxy) is 1. The van der Waals surface area contributed by atoms with E-state index in [4.69, 9.17) is 16.2 Å². The van der Waals surface area contributed by atoms with Crippen LogP contribution in [-0.4, -0.2) is 74.4 Å². The van der Waals surface area contributed by atoms with Crippen LogP contribution in [0.2, 0.25) is 0 Å². The number of aliphatic hydroxyl groups excluding tert-OH is 3. The normalized spacial score (nSPS) is 39.7. The first-order chi connectivity index (χ1) is 10.9. The molecule has 0 spiro atoms. The lowest BCUT2D eigenvalue weighted by molar-refractivity contribution is -0.120. The average molecular weight is 390 g/mol. The smallest absolute Gasteiger partial charge is 0.228 e. The number of halogens is 1. The Morgan fingerprint density at radius 1 is 1.43 bits per heavy atom. The van der Waals surface area contributed by atoms with Crippen LogP contribution < -0.4 is 11.5 Å². The third-order valence-electron chi connectivity index (χ3n) is 4.01. The van der Waals surface area contributed by atoms with Gasteiger partial charge in [-0.3, -0.25) is 14.7 Å². The summed E-state index contributed by atoms with van der Waals surface area (Å²) in [6, 6.07) is 0. The monoisotopic (exact) mass is 389 g/mol. The van der Waals surface area contributed by atoms with E-state index in [1.54, 1.807) is 0 Å². The van der Waals surface area contributed by atoms with Crippen LogP contribution in [0.5, 0.6) is 0 Å². The van der Waals surface area contributed by atoms with E-state index in [0.717, 1.165) is 0 Å². The van der Waals surface area contributed by atoms with Gasteiger partial charge in [0.2, 0.25) is 5.91 Å². The van der Waals surface area contributed by atoms with E-state index >= 15 is 0 Å². The Hall–Kier alpha value is -1.53. The second-order valence-corrected chi connectivity index (χ2v) is 6.32. The Morgan fingerprint density at radius 3 is 2.70 bits per heavy atom. The number of aliphatic imine (C=N–C) groups is 2. The fourth-order valence-electron chi connectivity index (χ4n) is 2.84. The van der Waals surface area contributed by atoms with Crippen molar-refractivity contribution < 1.29 is 24.9 Å². The van der Waals surface area contributed by atoms with E-state index in [1.807, 2.05) is 0 Å². The molecule has 1 saturated heterocycles. The van der Waals surface area contributed by atoms with Gasteiger partial charge in [-0.15, -0.1) is 0 Å². The number of carbonyl (C=O) groups excluding carboxylic acids is 1. The fraction of sp³-hybridized carbons (Fsp3) is 0.583. The number of amidine groups is 1. The average Bonchev–Trinajstić information content (AvgIpc) is 2.99. The van der Waals surface area contributed by atoms with Gasteiger partial charge in [-0.05, 0) is 0 Å². The molecule has 0 saturated carbocycles. The first-order valence-electron chi connectivity index (χ1n) is 6.83. The highest BCUT2D eigenvalue weighted by molar-refractivity contribution is 9.09. The fourth-order valence-corrected chi connectivity index (χ4v) is 3.56. The van der Waals surface area contributed by atoms with E-state index in [2.05, 4.69) is 25.9 Å². The first-order valence-corrected chi connectivity index (χ1v) is 7.74. The van der Waals surface area contributed by atoms with Crippen LogP contribution in [0.15, 0.2) is 21.4 Å². The van der Waals surface area contributed by atoms with Gasteiger partial charge < -0.3 is 31.5 Å². The molecule has 3 rings (SSSR count). The molecule has 0 bridgehead atoms. The highest BCUT2D eigenvalue weighted by Gasteiger charge is 2.50. The Morgan fingerprint density at radius 2 is 2.13 bits per heavy atom. The molecule has 23 heavy (non-hydrogen) atoms. The van der Waals surface area contributed by atoms with Crippen molar-refractivity contribution in [1.29, 1.82) is 0 Å². The van der Waals surface area contributed by atoms with E-state index in [1.165, 1.54) is 11.2 Å². The highest BCUT2D eigenvalue weighted by atomic mass is 79.9. The molecule has 3 heterocycles. The number of aliphatic hydroxyl groups is 3. The van der Waals surface area contributed by atoms with Gasteiger partial charge in [0.25, 0.3) is 0 Å². The summed E-state index contributed by atoms with van der Waals surface area (Å²) in [6.45, 7) is -0.456. The van der Waals surface area contributed by atoms with Gasteiger partial charge in [0.15, 0.2) is 6.23 Å². The van der Waals surface area contributed by atoms with Crippen molar-refractivity contribution >= 4 is 34.0 Å². The van der Waals surface area contributed by atoms with Gasteiger partial charge in [-0.2, -0.15) is 0 Å². The summed E-state index contributed by atoms with van der Waals surface area (Å²) in [7, 11) is 0. The molecule has 5 unspecified atom stereocenters. The molecular weight excluding hydrogens is 374 g/mol. The van der Waals surface area contributed by atoms with Crippen LogP contribution in [0.4, 0.5) is 0 Å². The van der Waals surface area contributed by atoms with Gasteiger partial charge in [-0.1, -0.05) is 15.9 Å². The summed E-state index contributed by atoms with van der Waals surface area (Å²) in [6.07, 6.45) is -3.24. The molecule has 10 nitrogen and oxygen atoms in total. The second-order valence-electron chi connectivity index (χ2n) is 5.39. The molecule has 0 aromatic carbocycles. The van der Waals surface area contributed by atoms with Crippen LogP contribution in [0, 0.1) is 5.92 Å². The Bertz CT molecular complexity index is 623. The van der Waals surface area contributed by atoms with Gasteiger partial charge in [-0.25, -0.2) is 4.99 Å². The number of alkyl halides is 1. The lowest BCUT2D eigenvalue weighted by atomic mass is 9.98. The summed E-state index contributed by atoms with van der Waals surface area (Å²) in [4.78, 5) is 20.7. The summed E-state index contributed by atoms with van der Waals surface area (Å²) in [5.74, 6) is -1.06. The minimum Gasteiger partial charge on any atom is -0.394 e. The Kier molecular flexibility index (Phi) is 4.14. The maximum Gasteiger partial charge on any atom is 0.228 e. The maximum atomic E-state index is 11.7. The van der Waals surface area contributed by atoms with Crippen LogP contribution >= 0.6 is 15.9 Å². The van der Waals surface area contributed by atoms with Crippen molar-refractivity contribution in [2.45, 2.75) is 29.5 Å². The van der Waals surface area contributed by atoms with Crippen LogP contribution in [-0.2, 0) is 9.53 Å². The largest absolute Gasteiger partial charge is 0.394 e. The zero-order chi connectivity index (χ0) is 16.9. The number of amides is 1. The van der Waals surface area contributed by atoms with Crippen molar-refractivity contribution in [3.63, 3.8) is 0 Å². The van der Waals surface area contributed by atoms with Crippen molar-refractivity contribution in [1.82, 2.24) is 4.90 Å². The van der Waals surface area contributed by atoms with Crippen molar-refractivity contribution in [2.75, 3.05) is 6.61 Å². The standard InChI is InChI=1S/C12H16BrN5O5/c13-8-4(10(15)22)5-9(14)16-2-18(11(5)17-8)12-7(21)6(20)3(1-19)23-12/h2-4,6-8,12,19-21H,1,14H2,(H2,15,22)/t3-,4?,6?,7?,8?,12?/m0/s1. The Labute approximate surface area is 139 Å². The lowest BCUT2D eigenvalue weighted by Gasteiger charge is -2.31. The number of rotatable bonds is 3. The Balaban J connectivity index is 1.94. The molecule has 7 N–H and O–H groups in total. The molecule has 0 aromatic rings. The number of hydrogen-bond donors (Lipinski definition) is 5. The summed E-state index contributed by atoms with van der Waals surface area (Å²) >= 11 is 3.26. The molecule has 0 aromatic heterocycles. The number of fused-ring (bicyclic) bond motifs is 1. The number of hydrogen-bond acceptors (Lipinski definition) is 9. The predicted molar refractivity (Wildman–Crippen MR) is 82.1 cm³/mol. The molecule has 3 aliphatic rings. The molecule has 1 fully saturated rings. The molecule has 0 aliphatic carbocycles. The molecule has 3 aliphatic heterocycles. The summed E-state index contributed by atoms with van der Waals surface area (Å²) in [5, 5.41) is 29.2. The van der Waals surface area contributed by atoms with E-state index in [9.17, 15) is 20.1 Å². The molecule has 126 valence electrons. The number of nitrogens with two attached hydrogens (primary N) is 2. The molecule has 11 heteroatoms. The van der Waals surface area contributed by atoms with E-state index < -0.39 is 47.9 Å². The molecule has 6 atom stereocenters. The topological polar surface area (TPSA) is 167 Å². The molecular formula is C12H16BrN5O5. The van der Waals surface area contributed by atoms with Gasteiger partial charge >= 0.3 is 0 Å². The third-order valence-corrected chi connectivity index (χ3v) is 4.75. The number of carbonyl (C=O) groups is 1. The predicted octanol–water partition coefficient (Wildman–Crippen LogP) is -2.83. The molecule has 1 amide bonds. The van der Waals surface area contributed by atoms with Gasteiger partial charge in [0.05, 0.1) is 12.2 Å². The second kappa shape index (κ2) is 5.83. The van der Waals surface area contributed by atoms with Crippen LogP contribution in [0.3, 0.4) is 0 Å². The summed E-state index contributed by atoms with van der Waals surface area (Å²) < 4.78 is 5.46. The number of primary amides is 1. The zero-order valence-electron chi connectivity index (χ0n) is 11.8. The van der Waals surface area contributed by atoms with Crippen molar-refractivity contribution in [3.8, 4) is 0 Å². The van der Waals surface area contributed by atoms with Crippen molar-refractivity contribution in [2.24, 2.45) is 27.4 Å². The minimum atomic E-state index is -1.30. The SMILES string of the molecule is NC(=O)C1C2=C(N)N=CN(C3O[C@@H](CO)C(O)C3O)C2=NC1Br. The maximum absolute atomic E-state index is 11.7. The molecule has 0 radical (unpaired) electrons. The van der Waals surface area contributed by atoms with Crippen LogP contribution in [0.1, 0.15) is 0 Å². The number of nitrogens with zero attached hydrogens (tertiary/aromatic N) is 3. The summed E-state index contributed by atoms with van der Waals surface area (Å²) in [5.41, 5.74) is 11.6. The third kappa shape index (κ3) is 2.44. The van der Waals surface area contributed by atoms with Gasteiger partial charge in [0, 0.05) is 0 Å². The first kappa shape index (κ1) is 16.3. The van der Waals surface area contributed by atoms with Crippen LogP contribution in [0.25, 0.3) is 0 Å². The van der Waals surface area contributed by atoms with E-state index in [0.29, 0.717) is 5.57 Å². The lowest BCUT2D eigenvalue weighted by Crippen LogP contribution is -2.49. The quantitative estimate of drug-likeness (QED) is 0.256. The van der Waals surface area contributed by atoms with E-state index in [-0.39, 0.29) is 11.7 Å².